The molecular weight excluding hydrogens is 221 g/mol. The Labute approximate surface area is 91.3 Å². The monoisotopic (exact) mass is 234 g/mol. The van der Waals surface area contributed by atoms with Crippen molar-refractivity contribution in [3.8, 4) is 0 Å². The van der Waals surface area contributed by atoms with E-state index in [1.807, 2.05) is 6.92 Å². The average Bonchev–Trinajstić information content (AvgIpc) is 2.17. The SMILES string of the molecule is CCNc1cc(NCCC(F)(F)F)ncn1. The molecule has 0 amide bonds. The first-order chi connectivity index (χ1) is 7.51. The molecule has 1 aromatic rings. The van der Waals surface area contributed by atoms with Gasteiger partial charge in [0.25, 0.3) is 0 Å². The van der Waals surface area contributed by atoms with Gasteiger partial charge in [0.15, 0.2) is 0 Å². The van der Waals surface area contributed by atoms with Crippen LogP contribution in [0.15, 0.2) is 12.4 Å². The van der Waals surface area contributed by atoms with Gasteiger partial charge in [0, 0.05) is 19.2 Å². The molecule has 0 spiro atoms. The number of hydrogen-bond donors (Lipinski definition) is 2. The lowest BCUT2D eigenvalue weighted by Crippen LogP contribution is -2.15. The fourth-order valence-corrected chi connectivity index (χ4v) is 1.06. The molecule has 0 atom stereocenters. The lowest BCUT2D eigenvalue weighted by Gasteiger charge is -2.09. The van der Waals surface area contributed by atoms with Crippen molar-refractivity contribution in [3.63, 3.8) is 0 Å². The summed E-state index contributed by atoms with van der Waals surface area (Å²) in [6.07, 6.45) is -3.73. The van der Waals surface area contributed by atoms with Crippen molar-refractivity contribution in [2.24, 2.45) is 0 Å². The number of halogens is 3. The highest BCUT2D eigenvalue weighted by molar-refractivity contribution is 5.46. The van der Waals surface area contributed by atoms with Crippen LogP contribution >= 0.6 is 0 Å². The van der Waals surface area contributed by atoms with Gasteiger partial charge in [-0.25, -0.2) is 9.97 Å². The fraction of sp³-hybridized carbons (Fsp3) is 0.556. The lowest BCUT2D eigenvalue weighted by atomic mass is 10.4. The minimum atomic E-state index is -4.15. The van der Waals surface area contributed by atoms with Gasteiger partial charge in [-0.05, 0) is 6.92 Å². The molecular formula is C9H13F3N4. The zero-order valence-electron chi connectivity index (χ0n) is 8.80. The predicted molar refractivity (Wildman–Crippen MR) is 55.4 cm³/mol. The molecule has 16 heavy (non-hydrogen) atoms. The van der Waals surface area contributed by atoms with E-state index in [9.17, 15) is 13.2 Å². The van der Waals surface area contributed by atoms with E-state index in [1.165, 1.54) is 6.33 Å². The van der Waals surface area contributed by atoms with Crippen molar-refractivity contribution in [1.29, 1.82) is 0 Å². The Hall–Kier alpha value is -1.53. The number of nitrogens with zero attached hydrogens (tertiary/aromatic N) is 2. The third-order valence-electron chi connectivity index (χ3n) is 1.74. The quantitative estimate of drug-likeness (QED) is 0.820. The van der Waals surface area contributed by atoms with E-state index in [-0.39, 0.29) is 6.54 Å². The second-order valence-electron chi connectivity index (χ2n) is 3.11. The van der Waals surface area contributed by atoms with Crippen LogP contribution in [0, 0.1) is 0 Å². The Morgan fingerprint density at radius 3 is 2.38 bits per heavy atom. The molecule has 0 aliphatic carbocycles. The fourth-order valence-electron chi connectivity index (χ4n) is 1.06. The van der Waals surface area contributed by atoms with Crippen LogP contribution in [0.4, 0.5) is 24.8 Å². The standard InChI is InChI=1S/C9H13F3N4/c1-2-13-7-5-8(16-6-15-7)14-4-3-9(10,11)12/h5-6H,2-4H2,1H3,(H2,13,14,15,16). The van der Waals surface area contributed by atoms with E-state index in [2.05, 4.69) is 20.6 Å². The van der Waals surface area contributed by atoms with Gasteiger partial charge in [0.05, 0.1) is 6.42 Å². The molecule has 1 aromatic heterocycles. The summed E-state index contributed by atoms with van der Waals surface area (Å²) in [4.78, 5) is 7.71. The van der Waals surface area contributed by atoms with E-state index in [4.69, 9.17) is 0 Å². The highest BCUT2D eigenvalue weighted by Crippen LogP contribution is 2.19. The lowest BCUT2D eigenvalue weighted by molar-refractivity contribution is -0.131. The summed E-state index contributed by atoms with van der Waals surface area (Å²) in [5.74, 6) is 0.974. The first-order valence-corrected chi connectivity index (χ1v) is 4.88. The summed E-state index contributed by atoms with van der Waals surface area (Å²) in [6.45, 7) is 2.41. The van der Waals surface area contributed by atoms with Gasteiger partial charge < -0.3 is 10.6 Å². The van der Waals surface area contributed by atoms with Crippen LogP contribution in [-0.4, -0.2) is 29.2 Å². The Kier molecular flexibility index (Phi) is 4.33. The average molecular weight is 234 g/mol. The van der Waals surface area contributed by atoms with Gasteiger partial charge in [-0.3, -0.25) is 0 Å². The highest BCUT2D eigenvalue weighted by atomic mass is 19.4. The number of hydrogen-bond acceptors (Lipinski definition) is 4. The van der Waals surface area contributed by atoms with E-state index in [1.54, 1.807) is 6.07 Å². The van der Waals surface area contributed by atoms with Crippen LogP contribution in [0.3, 0.4) is 0 Å². The van der Waals surface area contributed by atoms with Crippen molar-refractivity contribution in [1.82, 2.24) is 9.97 Å². The van der Waals surface area contributed by atoms with Crippen LogP contribution in [0.2, 0.25) is 0 Å². The minimum Gasteiger partial charge on any atom is -0.370 e. The number of rotatable bonds is 5. The molecule has 1 heterocycles. The normalized spacial score (nSPS) is 11.2. The van der Waals surface area contributed by atoms with Crippen molar-refractivity contribution in [3.05, 3.63) is 12.4 Å². The summed E-state index contributed by atoms with van der Waals surface area (Å²) in [6, 6.07) is 1.57. The van der Waals surface area contributed by atoms with Gasteiger partial charge in [0.2, 0.25) is 0 Å². The second-order valence-corrected chi connectivity index (χ2v) is 3.11. The molecule has 0 aliphatic rings. The Balaban J connectivity index is 2.44. The predicted octanol–water partition coefficient (Wildman–Crippen LogP) is 2.27. The van der Waals surface area contributed by atoms with E-state index in [0.29, 0.717) is 18.2 Å². The van der Waals surface area contributed by atoms with Crippen molar-refractivity contribution < 1.29 is 13.2 Å². The van der Waals surface area contributed by atoms with Gasteiger partial charge in [-0.15, -0.1) is 0 Å². The van der Waals surface area contributed by atoms with Crippen molar-refractivity contribution in [2.45, 2.75) is 19.5 Å². The van der Waals surface area contributed by atoms with E-state index >= 15 is 0 Å². The molecule has 2 N–H and O–H groups in total. The molecule has 1 rings (SSSR count). The van der Waals surface area contributed by atoms with Gasteiger partial charge in [0.1, 0.15) is 18.0 Å². The summed E-state index contributed by atoms with van der Waals surface area (Å²) in [5.41, 5.74) is 0. The molecule has 0 aliphatic heterocycles. The molecule has 0 bridgehead atoms. The summed E-state index contributed by atoms with van der Waals surface area (Å²) < 4.78 is 35.6. The number of nitrogens with one attached hydrogen (secondary N) is 2. The molecule has 7 heteroatoms. The van der Waals surface area contributed by atoms with Gasteiger partial charge in [-0.2, -0.15) is 13.2 Å². The first kappa shape index (κ1) is 12.5. The Morgan fingerprint density at radius 1 is 1.19 bits per heavy atom. The molecule has 0 unspecified atom stereocenters. The Bertz CT molecular complexity index is 327. The van der Waals surface area contributed by atoms with E-state index in [0.717, 1.165) is 0 Å². The zero-order valence-corrected chi connectivity index (χ0v) is 8.80. The molecule has 0 fully saturated rings. The zero-order chi connectivity index (χ0) is 12.0. The van der Waals surface area contributed by atoms with Crippen LogP contribution in [-0.2, 0) is 0 Å². The second kappa shape index (κ2) is 5.53. The number of anilines is 2. The molecule has 0 aromatic carbocycles. The molecule has 0 radical (unpaired) electrons. The largest absolute Gasteiger partial charge is 0.390 e. The summed E-state index contributed by atoms with van der Waals surface area (Å²) in [7, 11) is 0. The van der Waals surface area contributed by atoms with Gasteiger partial charge >= 0.3 is 6.18 Å². The molecule has 0 saturated heterocycles. The van der Waals surface area contributed by atoms with E-state index < -0.39 is 12.6 Å². The van der Waals surface area contributed by atoms with Crippen LogP contribution in [0.1, 0.15) is 13.3 Å². The Morgan fingerprint density at radius 2 is 1.81 bits per heavy atom. The molecule has 90 valence electrons. The molecule has 0 saturated carbocycles. The summed E-state index contributed by atoms with van der Waals surface area (Å²) >= 11 is 0. The van der Waals surface area contributed by atoms with Gasteiger partial charge in [-0.1, -0.05) is 0 Å². The van der Waals surface area contributed by atoms with Crippen LogP contribution in [0.5, 0.6) is 0 Å². The third-order valence-corrected chi connectivity index (χ3v) is 1.74. The maximum atomic E-state index is 11.9. The summed E-state index contributed by atoms with van der Waals surface area (Å²) in [5, 5.41) is 5.53. The third kappa shape index (κ3) is 4.81. The van der Waals surface area contributed by atoms with Crippen molar-refractivity contribution >= 4 is 11.6 Å². The first-order valence-electron chi connectivity index (χ1n) is 4.88. The number of alkyl halides is 3. The van der Waals surface area contributed by atoms with Crippen LogP contribution in [0.25, 0.3) is 0 Å². The number of aromatic nitrogens is 2. The maximum Gasteiger partial charge on any atom is 0.390 e. The highest BCUT2D eigenvalue weighted by Gasteiger charge is 2.26. The maximum absolute atomic E-state index is 11.9. The van der Waals surface area contributed by atoms with Crippen LogP contribution < -0.4 is 10.6 Å². The topological polar surface area (TPSA) is 49.8 Å². The minimum absolute atomic E-state index is 0.188. The smallest absolute Gasteiger partial charge is 0.370 e. The van der Waals surface area contributed by atoms with Crippen molar-refractivity contribution in [2.75, 3.05) is 23.7 Å². The molecule has 4 nitrogen and oxygen atoms in total.